The Balaban J connectivity index is 1.70. The summed E-state index contributed by atoms with van der Waals surface area (Å²) in [7, 11) is 0. The molecule has 0 spiro atoms. The molecule has 1 saturated heterocycles. The van der Waals surface area contributed by atoms with E-state index in [0.717, 1.165) is 0 Å². The van der Waals surface area contributed by atoms with Crippen LogP contribution in [-0.2, 0) is 15.2 Å². The standard InChI is InChI=1S/C25H20N4O4/c26-23(31)18-9-11-19(12-10-18)24-28-21(20-8-4-5-13-27-20)14-29(24)25(15-32-16-33-25)22(30)17-6-2-1-3-7-17/h1-14H,15-16H2,(H2,26,31). The highest BCUT2D eigenvalue weighted by atomic mass is 16.7. The molecule has 8 nitrogen and oxygen atoms in total. The van der Waals surface area contributed by atoms with E-state index >= 15 is 0 Å². The predicted octanol–water partition coefficient (Wildman–Crippen LogP) is 3.25. The van der Waals surface area contributed by atoms with E-state index in [1.54, 1.807) is 65.5 Å². The number of carbonyl (C=O) groups is 2. The van der Waals surface area contributed by atoms with Gasteiger partial charge in [0, 0.05) is 29.1 Å². The number of ether oxygens (including phenoxy) is 2. The highest BCUT2D eigenvalue weighted by molar-refractivity contribution is 6.01. The first-order chi connectivity index (χ1) is 16.1. The second-order valence-electron chi connectivity index (χ2n) is 7.57. The van der Waals surface area contributed by atoms with Crippen LogP contribution in [0.2, 0.25) is 0 Å². The quantitative estimate of drug-likeness (QED) is 0.461. The van der Waals surface area contributed by atoms with Gasteiger partial charge in [0.2, 0.25) is 17.4 Å². The summed E-state index contributed by atoms with van der Waals surface area (Å²) in [4.78, 5) is 34.4. The summed E-state index contributed by atoms with van der Waals surface area (Å²) in [5.74, 6) is -0.302. The van der Waals surface area contributed by atoms with E-state index in [1.165, 1.54) is 0 Å². The molecule has 164 valence electrons. The molecule has 1 fully saturated rings. The second-order valence-corrected chi connectivity index (χ2v) is 7.57. The molecule has 1 amide bonds. The number of nitrogens with zero attached hydrogens (tertiary/aromatic N) is 3. The Morgan fingerprint density at radius 3 is 2.30 bits per heavy atom. The fourth-order valence-electron chi connectivity index (χ4n) is 3.84. The Morgan fingerprint density at radius 1 is 0.909 bits per heavy atom. The second kappa shape index (κ2) is 8.42. The highest BCUT2D eigenvalue weighted by Gasteiger charge is 2.47. The maximum Gasteiger partial charge on any atom is 0.248 e. The topological polar surface area (TPSA) is 109 Å². The van der Waals surface area contributed by atoms with Crippen LogP contribution in [0.1, 0.15) is 20.7 Å². The van der Waals surface area contributed by atoms with E-state index in [9.17, 15) is 9.59 Å². The number of nitrogens with two attached hydrogens (primary N) is 1. The molecule has 5 rings (SSSR count). The van der Waals surface area contributed by atoms with Crippen molar-refractivity contribution in [3.8, 4) is 22.8 Å². The molecule has 1 aliphatic rings. The average Bonchev–Trinajstić information content (AvgIpc) is 3.53. The van der Waals surface area contributed by atoms with Crippen LogP contribution in [0.25, 0.3) is 22.8 Å². The van der Waals surface area contributed by atoms with Crippen molar-refractivity contribution >= 4 is 11.7 Å². The SMILES string of the molecule is NC(=O)c1ccc(-c2nc(-c3ccccn3)cn2C2(C(=O)c3ccccc3)COCO2)cc1. The molecule has 1 atom stereocenters. The Morgan fingerprint density at radius 2 is 1.67 bits per heavy atom. The molecule has 2 aromatic heterocycles. The number of pyridine rings is 1. The number of Topliss-reactive ketones (excluding diaryl/α,β-unsaturated/α-hetero) is 1. The van der Waals surface area contributed by atoms with Crippen LogP contribution >= 0.6 is 0 Å². The van der Waals surface area contributed by atoms with E-state index in [1.807, 2.05) is 24.3 Å². The lowest BCUT2D eigenvalue weighted by atomic mass is 10.00. The van der Waals surface area contributed by atoms with Crippen molar-refractivity contribution in [1.29, 1.82) is 0 Å². The molecular formula is C25H20N4O4. The van der Waals surface area contributed by atoms with Gasteiger partial charge < -0.3 is 15.2 Å². The van der Waals surface area contributed by atoms with Crippen molar-refractivity contribution in [3.63, 3.8) is 0 Å². The van der Waals surface area contributed by atoms with Crippen molar-refractivity contribution in [2.45, 2.75) is 5.72 Å². The number of aromatic nitrogens is 3. The van der Waals surface area contributed by atoms with Crippen LogP contribution in [0.4, 0.5) is 0 Å². The lowest BCUT2D eigenvalue weighted by Crippen LogP contribution is -2.44. The van der Waals surface area contributed by atoms with Crippen molar-refractivity contribution in [3.05, 3.63) is 96.3 Å². The Labute approximate surface area is 189 Å². The van der Waals surface area contributed by atoms with Gasteiger partial charge in [0.1, 0.15) is 18.1 Å². The van der Waals surface area contributed by atoms with Crippen LogP contribution < -0.4 is 5.73 Å². The van der Waals surface area contributed by atoms with Gasteiger partial charge in [-0.3, -0.25) is 19.1 Å². The number of amides is 1. The van der Waals surface area contributed by atoms with Crippen molar-refractivity contribution in [1.82, 2.24) is 14.5 Å². The van der Waals surface area contributed by atoms with E-state index in [4.69, 9.17) is 20.2 Å². The fourth-order valence-corrected chi connectivity index (χ4v) is 3.84. The molecule has 1 unspecified atom stereocenters. The van der Waals surface area contributed by atoms with Crippen LogP contribution in [-0.4, -0.2) is 39.6 Å². The molecule has 2 N–H and O–H groups in total. The van der Waals surface area contributed by atoms with Crippen LogP contribution in [0, 0.1) is 0 Å². The first-order valence-corrected chi connectivity index (χ1v) is 10.3. The summed E-state index contributed by atoms with van der Waals surface area (Å²) < 4.78 is 13.2. The molecule has 33 heavy (non-hydrogen) atoms. The van der Waals surface area contributed by atoms with Crippen LogP contribution in [0.3, 0.4) is 0 Å². The van der Waals surface area contributed by atoms with Gasteiger partial charge in [-0.15, -0.1) is 0 Å². The zero-order valence-electron chi connectivity index (χ0n) is 17.5. The summed E-state index contributed by atoms with van der Waals surface area (Å²) in [5.41, 5.74) is 6.70. The number of rotatable bonds is 6. The van der Waals surface area contributed by atoms with Crippen LogP contribution in [0.5, 0.6) is 0 Å². The number of ketones is 1. The molecule has 0 bridgehead atoms. The number of hydrogen-bond donors (Lipinski definition) is 1. The van der Waals surface area contributed by atoms with Gasteiger partial charge in [-0.25, -0.2) is 4.98 Å². The van der Waals surface area contributed by atoms with Crippen molar-refractivity contribution < 1.29 is 19.1 Å². The van der Waals surface area contributed by atoms with Gasteiger partial charge in [-0.1, -0.05) is 48.5 Å². The molecule has 2 aromatic carbocycles. The largest absolute Gasteiger partial charge is 0.366 e. The zero-order valence-corrected chi connectivity index (χ0v) is 17.5. The van der Waals surface area contributed by atoms with Crippen molar-refractivity contribution in [2.75, 3.05) is 13.4 Å². The van der Waals surface area contributed by atoms with E-state index in [2.05, 4.69) is 4.98 Å². The maximum atomic E-state index is 13.7. The molecule has 0 saturated carbocycles. The van der Waals surface area contributed by atoms with Gasteiger partial charge in [-0.2, -0.15) is 0 Å². The molecule has 3 heterocycles. The lowest BCUT2D eigenvalue weighted by Gasteiger charge is -2.28. The van der Waals surface area contributed by atoms with Gasteiger partial charge in [0.15, 0.2) is 6.79 Å². The lowest BCUT2D eigenvalue weighted by molar-refractivity contribution is -0.0381. The van der Waals surface area contributed by atoms with E-state index < -0.39 is 11.6 Å². The van der Waals surface area contributed by atoms with E-state index in [-0.39, 0.29) is 19.2 Å². The number of imidazole rings is 1. The van der Waals surface area contributed by atoms with Gasteiger partial charge in [0.05, 0.1) is 5.69 Å². The summed E-state index contributed by atoms with van der Waals surface area (Å²) in [5, 5.41) is 0. The molecule has 4 aromatic rings. The maximum absolute atomic E-state index is 13.7. The summed E-state index contributed by atoms with van der Waals surface area (Å²) in [6.07, 6.45) is 3.42. The number of benzene rings is 2. The van der Waals surface area contributed by atoms with Crippen molar-refractivity contribution in [2.24, 2.45) is 5.73 Å². The molecule has 0 aliphatic carbocycles. The fraction of sp³-hybridized carbons (Fsp3) is 0.120. The Kier molecular flexibility index (Phi) is 5.29. The van der Waals surface area contributed by atoms with Crippen LogP contribution in [0.15, 0.2) is 85.2 Å². The third-order valence-electron chi connectivity index (χ3n) is 5.52. The van der Waals surface area contributed by atoms with Gasteiger partial charge in [0.25, 0.3) is 0 Å². The van der Waals surface area contributed by atoms with Gasteiger partial charge in [-0.05, 0) is 24.3 Å². The minimum Gasteiger partial charge on any atom is -0.366 e. The predicted molar refractivity (Wildman–Crippen MR) is 120 cm³/mol. The third-order valence-corrected chi connectivity index (χ3v) is 5.52. The summed E-state index contributed by atoms with van der Waals surface area (Å²) in [6, 6.07) is 21.1. The summed E-state index contributed by atoms with van der Waals surface area (Å²) >= 11 is 0. The Hall–Kier alpha value is -4.14. The molecule has 8 heteroatoms. The minimum atomic E-state index is -1.45. The number of primary amides is 1. The Bertz CT molecular complexity index is 1300. The third kappa shape index (κ3) is 3.71. The average molecular weight is 440 g/mol. The first-order valence-electron chi connectivity index (χ1n) is 10.3. The molecular weight excluding hydrogens is 420 g/mol. The van der Waals surface area contributed by atoms with E-state index in [0.29, 0.717) is 33.9 Å². The number of carbonyl (C=O) groups excluding carboxylic acids is 2. The highest BCUT2D eigenvalue weighted by Crippen LogP contribution is 2.36. The smallest absolute Gasteiger partial charge is 0.248 e. The minimum absolute atomic E-state index is 0.0190. The molecule has 0 radical (unpaired) electrons. The number of hydrogen-bond acceptors (Lipinski definition) is 6. The summed E-state index contributed by atoms with van der Waals surface area (Å²) in [6.45, 7) is -0.0131. The molecule has 1 aliphatic heterocycles. The monoisotopic (exact) mass is 440 g/mol. The normalized spacial score (nSPS) is 17.7. The first kappa shape index (κ1) is 20.7. The van der Waals surface area contributed by atoms with Gasteiger partial charge >= 0.3 is 0 Å². The zero-order chi connectivity index (χ0) is 22.8.